The van der Waals surface area contributed by atoms with Gasteiger partial charge in [-0.15, -0.1) is 0 Å². The average molecular weight is 324 g/mol. The van der Waals surface area contributed by atoms with E-state index in [9.17, 15) is 4.79 Å². The maximum atomic E-state index is 12.0. The van der Waals surface area contributed by atoms with Crippen LogP contribution in [0.2, 0.25) is 0 Å². The molecule has 0 heterocycles. The summed E-state index contributed by atoms with van der Waals surface area (Å²) in [6.45, 7) is 8.13. The van der Waals surface area contributed by atoms with Gasteiger partial charge in [-0.3, -0.25) is 4.79 Å². The fraction of sp³-hybridized carbons (Fsp3) is 0.381. The van der Waals surface area contributed by atoms with E-state index in [1.807, 2.05) is 30.3 Å². The summed E-state index contributed by atoms with van der Waals surface area (Å²) >= 11 is 0. The van der Waals surface area contributed by atoms with Gasteiger partial charge in [-0.2, -0.15) is 0 Å². The van der Waals surface area contributed by atoms with E-state index in [1.165, 1.54) is 11.1 Å². The van der Waals surface area contributed by atoms with E-state index in [0.29, 0.717) is 13.0 Å². The first-order valence-corrected chi connectivity index (χ1v) is 8.60. The lowest BCUT2D eigenvalue weighted by molar-refractivity contribution is -0.116. The second-order valence-corrected chi connectivity index (χ2v) is 7.11. The quantitative estimate of drug-likeness (QED) is 0.751. The van der Waals surface area contributed by atoms with Crippen LogP contribution in [0.1, 0.15) is 38.3 Å². The Kier molecular flexibility index (Phi) is 6.56. The number of amides is 1. The number of benzene rings is 2. The smallest absolute Gasteiger partial charge is 0.225 e. The normalized spacial score (nSPS) is 11.3. The van der Waals surface area contributed by atoms with Crippen LogP contribution < -0.4 is 10.6 Å². The van der Waals surface area contributed by atoms with Crippen LogP contribution in [0.4, 0.5) is 5.69 Å². The molecule has 0 spiro atoms. The molecule has 0 saturated carbocycles. The maximum absolute atomic E-state index is 12.0. The van der Waals surface area contributed by atoms with Crippen molar-refractivity contribution in [3.8, 4) is 0 Å². The molecule has 2 rings (SSSR count). The van der Waals surface area contributed by atoms with Crippen LogP contribution in [0.15, 0.2) is 54.6 Å². The monoisotopic (exact) mass is 324 g/mol. The zero-order valence-electron chi connectivity index (χ0n) is 14.9. The highest BCUT2D eigenvalue weighted by molar-refractivity contribution is 5.90. The van der Waals surface area contributed by atoms with Crippen LogP contribution in [0.25, 0.3) is 0 Å². The Morgan fingerprint density at radius 2 is 1.58 bits per heavy atom. The third-order valence-corrected chi connectivity index (χ3v) is 4.00. The highest BCUT2D eigenvalue weighted by Crippen LogP contribution is 2.23. The molecule has 24 heavy (non-hydrogen) atoms. The lowest BCUT2D eigenvalue weighted by Gasteiger charge is -2.19. The molecule has 0 saturated heterocycles. The van der Waals surface area contributed by atoms with Gasteiger partial charge < -0.3 is 10.6 Å². The molecule has 0 atom stereocenters. The predicted molar refractivity (Wildman–Crippen MR) is 101 cm³/mol. The first kappa shape index (κ1) is 18.2. The van der Waals surface area contributed by atoms with E-state index >= 15 is 0 Å². The number of anilines is 1. The molecule has 2 aromatic rings. The molecule has 2 N–H and O–H groups in total. The molecular weight excluding hydrogens is 296 g/mol. The number of carbonyl (C=O) groups excluding carboxylic acids is 1. The van der Waals surface area contributed by atoms with Gasteiger partial charge in [0.15, 0.2) is 0 Å². The lowest BCUT2D eigenvalue weighted by atomic mass is 9.87. The molecule has 0 aliphatic heterocycles. The first-order chi connectivity index (χ1) is 11.4. The minimum absolute atomic E-state index is 0.0470. The molecular formula is C21H28N2O. The summed E-state index contributed by atoms with van der Waals surface area (Å²) in [7, 11) is 0. The van der Waals surface area contributed by atoms with Gasteiger partial charge in [0, 0.05) is 18.7 Å². The summed E-state index contributed by atoms with van der Waals surface area (Å²) in [4.78, 5) is 12.0. The van der Waals surface area contributed by atoms with Crippen molar-refractivity contribution in [1.82, 2.24) is 5.32 Å². The summed E-state index contributed by atoms with van der Waals surface area (Å²) in [6.07, 6.45) is 1.46. The summed E-state index contributed by atoms with van der Waals surface area (Å²) in [5.74, 6) is 0.0470. The van der Waals surface area contributed by atoms with Crippen LogP contribution >= 0.6 is 0 Å². The molecule has 0 aliphatic rings. The highest BCUT2D eigenvalue weighted by atomic mass is 16.1. The summed E-state index contributed by atoms with van der Waals surface area (Å²) in [5, 5.41) is 6.27. The van der Waals surface area contributed by atoms with E-state index in [0.717, 1.165) is 18.7 Å². The second-order valence-electron chi connectivity index (χ2n) is 7.11. The van der Waals surface area contributed by atoms with Crippen molar-refractivity contribution in [2.24, 2.45) is 0 Å². The van der Waals surface area contributed by atoms with Crippen LogP contribution in [0.5, 0.6) is 0 Å². The Morgan fingerprint density at radius 1 is 0.917 bits per heavy atom. The van der Waals surface area contributed by atoms with Crippen molar-refractivity contribution in [3.63, 3.8) is 0 Å². The number of hydrogen-bond acceptors (Lipinski definition) is 2. The molecule has 0 aromatic heterocycles. The number of carbonyl (C=O) groups is 1. The van der Waals surface area contributed by atoms with Crippen LogP contribution in [0, 0.1) is 0 Å². The predicted octanol–water partition coefficient (Wildman–Crippen LogP) is 4.15. The Bertz CT molecular complexity index is 627. The Hall–Kier alpha value is -2.13. The van der Waals surface area contributed by atoms with E-state index in [2.05, 4.69) is 55.7 Å². The molecule has 0 fully saturated rings. The van der Waals surface area contributed by atoms with Gasteiger partial charge in [0.2, 0.25) is 5.91 Å². The number of rotatable bonds is 7. The van der Waals surface area contributed by atoms with E-state index in [-0.39, 0.29) is 11.3 Å². The van der Waals surface area contributed by atoms with Crippen LogP contribution in [-0.4, -0.2) is 19.0 Å². The summed E-state index contributed by atoms with van der Waals surface area (Å²) in [6, 6.07) is 18.5. The number of nitrogens with one attached hydrogen (secondary N) is 2. The number of hydrogen-bond donors (Lipinski definition) is 2. The zero-order valence-corrected chi connectivity index (χ0v) is 14.9. The SMILES string of the molecule is CC(C)(C)c1ccc(NC(=O)CCNCCc2ccccc2)cc1. The fourth-order valence-electron chi connectivity index (χ4n) is 2.48. The minimum Gasteiger partial charge on any atom is -0.326 e. The Labute approximate surface area is 145 Å². The van der Waals surface area contributed by atoms with Crippen molar-refractivity contribution >= 4 is 11.6 Å². The van der Waals surface area contributed by atoms with Crippen molar-refractivity contribution < 1.29 is 4.79 Å². The topological polar surface area (TPSA) is 41.1 Å². The molecule has 0 radical (unpaired) electrons. The van der Waals surface area contributed by atoms with Crippen molar-refractivity contribution in [1.29, 1.82) is 0 Å². The highest BCUT2D eigenvalue weighted by Gasteiger charge is 2.13. The van der Waals surface area contributed by atoms with Gasteiger partial charge in [0.1, 0.15) is 0 Å². The largest absolute Gasteiger partial charge is 0.326 e. The first-order valence-electron chi connectivity index (χ1n) is 8.60. The van der Waals surface area contributed by atoms with Gasteiger partial charge in [0.25, 0.3) is 0 Å². The molecule has 0 unspecified atom stereocenters. The van der Waals surface area contributed by atoms with Gasteiger partial charge in [-0.05, 0) is 41.6 Å². The molecule has 2 aromatic carbocycles. The maximum Gasteiger partial charge on any atom is 0.225 e. The van der Waals surface area contributed by atoms with Gasteiger partial charge >= 0.3 is 0 Å². The Morgan fingerprint density at radius 3 is 2.21 bits per heavy atom. The molecule has 1 amide bonds. The third kappa shape index (κ3) is 6.17. The van der Waals surface area contributed by atoms with Gasteiger partial charge in [0.05, 0.1) is 0 Å². The van der Waals surface area contributed by atoms with E-state index in [1.54, 1.807) is 0 Å². The average Bonchev–Trinajstić information content (AvgIpc) is 2.55. The molecule has 0 aliphatic carbocycles. The second kappa shape index (κ2) is 8.65. The summed E-state index contributed by atoms with van der Waals surface area (Å²) in [5.41, 5.74) is 3.57. The Balaban J connectivity index is 1.66. The van der Waals surface area contributed by atoms with Gasteiger partial charge in [-0.25, -0.2) is 0 Å². The standard InChI is InChI=1S/C21H28N2O/c1-21(2,3)18-9-11-19(12-10-18)23-20(24)14-16-22-15-13-17-7-5-4-6-8-17/h4-12,22H,13-16H2,1-3H3,(H,23,24). The third-order valence-electron chi connectivity index (χ3n) is 4.00. The lowest BCUT2D eigenvalue weighted by Crippen LogP contribution is -2.23. The molecule has 3 heteroatoms. The van der Waals surface area contributed by atoms with Gasteiger partial charge in [-0.1, -0.05) is 63.2 Å². The molecule has 128 valence electrons. The minimum atomic E-state index is 0.0470. The summed E-state index contributed by atoms with van der Waals surface area (Å²) < 4.78 is 0. The zero-order chi connectivity index (χ0) is 17.4. The van der Waals surface area contributed by atoms with Crippen molar-refractivity contribution in [2.45, 2.75) is 39.0 Å². The van der Waals surface area contributed by atoms with E-state index < -0.39 is 0 Å². The molecule has 3 nitrogen and oxygen atoms in total. The van der Waals surface area contributed by atoms with Crippen LogP contribution in [-0.2, 0) is 16.6 Å². The molecule has 0 bridgehead atoms. The van der Waals surface area contributed by atoms with Crippen LogP contribution in [0.3, 0.4) is 0 Å². The van der Waals surface area contributed by atoms with Crippen molar-refractivity contribution in [3.05, 3.63) is 65.7 Å². The van der Waals surface area contributed by atoms with E-state index in [4.69, 9.17) is 0 Å². The fourth-order valence-corrected chi connectivity index (χ4v) is 2.48. The van der Waals surface area contributed by atoms with Crippen molar-refractivity contribution in [2.75, 3.05) is 18.4 Å².